The Kier molecular flexibility index (Phi) is 6.05. The molecular weight excluding hydrogens is 294 g/mol. The van der Waals surface area contributed by atoms with Crippen LogP contribution >= 0.6 is 11.8 Å². The van der Waals surface area contributed by atoms with Crippen LogP contribution in [0, 0.1) is 10.7 Å². The van der Waals surface area contributed by atoms with E-state index in [0.29, 0.717) is 5.56 Å². The molecule has 0 fully saturated rings. The number of nitrogens with zero attached hydrogens (tertiary/aromatic N) is 1. The Labute approximate surface area is 134 Å². The van der Waals surface area contributed by atoms with E-state index in [4.69, 9.17) is 10.00 Å². The smallest absolute Gasteiger partial charge is 0.338 e. The first-order valence-electron chi connectivity index (χ1n) is 7.10. The van der Waals surface area contributed by atoms with Crippen LogP contribution in [-0.4, -0.2) is 12.6 Å². The summed E-state index contributed by atoms with van der Waals surface area (Å²) >= 11 is 1.10. The Morgan fingerprint density at radius 3 is 2.45 bits per heavy atom. The Morgan fingerprint density at radius 1 is 1.18 bits per heavy atom. The fourth-order valence-electron chi connectivity index (χ4n) is 2.04. The van der Waals surface area contributed by atoms with Gasteiger partial charge in [-0.1, -0.05) is 49.4 Å². The van der Waals surface area contributed by atoms with Gasteiger partial charge < -0.3 is 4.74 Å². The standard InChI is InChI=1S/C18H17NO2S/c1-2-14-8-10-16(11-9-14)18(20)21-12-17(22-13-19)15-6-4-3-5-7-15/h3-11,17H,2,12H2,1H3. The van der Waals surface area contributed by atoms with Crippen molar-refractivity contribution in [1.82, 2.24) is 0 Å². The summed E-state index contributed by atoms with van der Waals surface area (Å²) in [6.07, 6.45) is 0.935. The molecule has 1 atom stereocenters. The minimum atomic E-state index is -0.359. The lowest BCUT2D eigenvalue weighted by atomic mass is 10.1. The molecule has 0 bridgehead atoms. The Morgan fingerprint density at radius 2 is 1.86 bits per heavy atom. The molecule has 1 unspecified atom stereocenters. The third-order valence-electron chi connectivity index (χ3n) is 3.33. The summed E-state index contributed by atoms with van der Waals surface area (Å²) in [5.41, 5.74) is 2.69. The zero-order chi connectivity index (χ0) is 15.8. The molecular formula is C18H17NO2S. The molecule has 0 saturated carbocycles. The van der Waals surface area contributed by atoms with E-state index in [1.807, 2.05) is 42.5 Å². The normalized spacial score (nSPS) is 11.5. The summed E-state index contributed by atoms with van der Waals surface area (Å²) in [6.45, 7) is 2.24. The van der Waals surface area contributed by atoms with E-state index in [-0.39, 0.29) is 17.8 Å². The maximum Gasteiger partial charge on any atom is 0.338 e. The van der Waals surface area contributed by atoms with E-state index in [0.717, 1.165) is 23.7 Å². The molecule has 0 aliphatic carbocycles. The summed E-state index contributed by atoms with van der Waals surface area (Å²) in [5.74, 6) is -0.359. The SMILES string of the molecule is CCc1ccc(C(=O)OCC(SC#N)c2ccccc2)cc1. The maximum atomic E-state index is 12.1. The Balaban J connectivity index is 1.99. The molecule has 0 radical (unpaired) electrons. The number of nitriles is 1. The molecule has 0 aromatic heterocycles. The second-order valence-electron chi connectivity index (χ2n) is 4.76. The highest BCUT2D eigenvalue weighted by atomic mass is 32.2. The van der Waals surface area contributed by atoms with Gasteiger partial charge in [-0.3, -0.25) is 0 Å². The third kappa shape index (κ3) is 4.37. The van der Waals surface area contributed by atoms with Crippen molar-refractivity contribution in [2.24, 2.45) is 0 Å². The number of thiocyanates is 1. The van der Waals surface area contributed by atoms with Gasteiger partial charge in [0.25, 0.3) is 0 Å². The predicted octanol–water partition coefficient (Wildman–Crippen LogP) is 4.36. The van der Waals surface area contributed by atoms with E-state index >= 15 is 0 Å². The highest BCUT2D eigenvalue weighted by Crippen LogP contribution is 2.28. The number of aryl methyl sites for hydroxylation is 1. The van der Waals surface area contributed by atoms with Crippen LogP contribution in [0.1, 0.15) is 33.7 Å². The average Bonchev–Trinajstić information content (AvgIpc) is 2.59. The van der Waals surface area contributed by atoms with Crippen molar-refractivity contribution in [1.29, 1.82) is 5.26 Å². The van der Waals surface area contributed by atoms with E-state index in [1.165, 1.54) is 5.56 Å². The number of esters is 1. The summed E-state index contributed by atoms with van der Waals surface area (Å²) in [7, 11) is 0. The van der Waals surface area contributed by atoms with E-state index < -0.39 is 0 Å². The lowest BCUT2D eigenvalue weighted by Gasteiger charge is -2.13. The first-order chi connectivity index (χ1) is 10.7. The highest BCUT2D eigenvalue weighted by Gasteiger charge is 2.16. The second-order valence-corrected chi connectivity index (χ2v) is 5.74. The molecule has 2 rings (SSSR count). The number of benzene rings is 2. The van der Waals surface area contributed by atoms with Gasteiger partial charge in [-0.05, 0) is 41.4 Å². The number of carbonyl (C=O) groups excluding carboxylic acids is 1. The molecule has 112 valence electrons. The number of thioether (sulfide) groups is 1. The van der Waals surface area contributed by atoms with Crippen molar-refractivity contribution < 1.29 is 9.53 Å². The van der Waals surface area contributed by atoms with Crippen LogP contribution in [0.25, 0.3) is 0 Å². The molecule has 0 spiro atoms. The number of carbonyl (C=O) groups is 1. The minimum absolute atomic E-state index is 0.176. The fourth-order valence-corrected chi connectivity index (χ4v) is 2.60. The van der Waals surface area contributed by atoms with Gasteiger partial charge in [0, 0.05) is 0 Å². The quantitative estimate of drug-likeness (QED) is 0.587. The monoisotopic (exact) mass is 311 g/mol. The molecule has 22 heavy (non-hydrogen) atoms. The number of hydrogen-bond donors (Lipinski definition) is 0. The molecule has 0 aliphatic heterocycles. The summed E-state index contributed by atoms with van der Waals surface area (Å²) in [6, 6.07) is 17.0. The van der Waals surface area contributed by atoms with Crippen LogP contribution < -0.4 is 0 Å². The Bertz CT molecular complexity index is 647. The highest BCUT2D eigenvalue weighted by molar-refractivity contribution is 8.03. The molecule has 3 nitrogen and oxygen atoms in total. The van der Waals surface area contributed by atoms with Crippen molar-refractivity contribution in [3.8, 4) is 5.40 Å². The van der Waals surface area contributed by atoms with Crippen LogP contribution in [0.4, 0.5) is 0 Å². The number of rotatable bonds is 6. The first kappa shape index (κ1) is 16.1. The van der Waals surface area contributed by atoms with Crippen molar-refractivity contribution in [3.63, 3.8) is 0 Å². The molecule has 0 aliphatic rings. The zero-order valence-corrected chi connectivity index (χ0v) is 13.2. The van der Waals surface area contributed by atoms with Crippen LogP contribution in [0.2, 0.25) is 0 Å². The van der Waals surface area contributed by atoms with Gasteiger partial charge in [0.05, 0.1) is 10.8 Å². The van der Waals surface area contributed by atoms with Crippen molar-refractivity contribution >= 4 is 17.7 Å². The summed E-state index contributed by atoms with van der Waals surface area (Å²) in [5, 5.41) is 10.8. The van der Waals surface area contributed by atoms with E-state index in [1.54, 1.807) is 12.1 Å². The van der Waals surface area contributed by atoms with E-state index in [9.17, 15) is 4.79 Å². The molecule has 2 aromatic rings. The van der Waals surface area contributed by atoms with E-state index in [2.05, 4.69) is 12.3 Å². The van der Waals surface area contributed by atoms with Crippen LogP contribution in [0.5, 0.6) is 0 Å². The van der Waals surface area contributed by atoms with Gasteiger partial charge in [0.2, 0.25) is 0 Å². The van der Waals surface area contributed by atoms with Gasteiger partial charge >= 0.3 is 5.97 Å². The Hall–Kier alpha value is -2.25. The van der Waals surface area contributed by atoms with Crippen molar-refractivity contribution in [2.75, 3.05) is 6.61 Å². The topological polar surface area (TPSA) is 50.1 Å². The van der Waals surface area contributed by atoms with Crippen LogP contribution in [-0.2, 0) is 11.2 Å². The molecule has 0 N–H and O–H groups in total. The number of ether oxygens (including phenoxy) is 1. The zero-order valence-electron chi connectivity index (χ0n) is 12.4. The van der Waals surface area contributed by atoms with Gasteiger partial charge in [0.1, 0.15) is 12.0 Å². The predicted molar refractivity (Wildman–Crippen MR) is 88.5 cm³/mol. The van der Waals surface area contributed by atoms with Gasteiger partial charge in [0.15, 0.2) is 0 Å². The lowest BCUT2D eigenvalue weighted by Crippen LogP contribution is -2.11. The first-order valence-corrected chi connectivity index (χ1v) is 7.98. The largest absolute Gasteiger partial charge is 0.461 e. The molecule has 4 heteroatoms. The third-order valence-corrected chi connectivity index (χ3v) is 4.13. The summed E-state index contributed by atoms with van der Waals surface area (Å²) < 4.78 is 5.36. The maximum absolute atomic E-state index is 12.1. The molecule has 0 amide bonds. The van der Waals surface area contributed by atoms with Gasteiger partial charge in [-0.25, -0.2) is 4.79 Å². The van der Waals surface area contributed by atoms with Crippen LogP contribution in [0.15, 0.2) is 54.6 Å². The second kappa shape index (κ2) is 8.26. The van der Waals surface area contributed by atoms with Crippen molar-refractivity contribution in [2.45, 2.75) is 18.6 Å². The lowest BCUT2D eigenvalue weighted by molar-refractivity contribution is 0.0506. The minimum Gasteiger partial charge on any atom is -0.461 e. The summed E-state index contributed by atoms with van der Waals surface area (Å²) in [4.78, 5) is 12.1. The molecule has 0 saturated heterocycles. The van der Waals surface area contributed by atoms with Crippen LogP contribution in [0.3, 0.4) is 0 Å². The molecule has 0 heterocycles. The fraction of sp³-hybridized carbons (Fsp3) is 0.222. The number of hydrogen-bond acceptors (Lipinski definition) is 4. The van der Waals surface area contributed by atoms with Gasteiger partial charge in [-0.2, -0.15) is 5.26 Å². The van der Waals surface area contributed by atoms with Gasteiger partial charge in [-0.15, -0.1) is 0 Å². The van der Waals surface area contributed by atoms with Crippen molar-refractivity contribution in [3.05, 3.63) is 71.3 Å². The average molecular weight is 311 g/mol. The molecule has 2 aromatic carbocycles.